The molecule has 2 rings (SSSR count). The van der Waals surface area contributed by atoms with Crippen LogP contribution in [0.3, 0.4) is 0 Å². The fourth-order valence-electron chi connectivity index (χ4n) is 1.73. The van der Waals surface area contributed by atoms with Crippen LogP contribution in [0, 0.1) is 0 Å². The third-order valence-corrected chi connectivity index (χ3v) is 4.79. The first kappa shape index (κ1) is 18.2. The predicted octanol–water partition coefficient (Wildman–Crippen LogP) is 4.09. The Morgan fingerprint density at radius 1 is 0.750 bits per heavy atom. The van der Waals surface area contributed by atoms with Crippen molar-refractivity contribution in [2.45, 2.75) is 0 Å². The van der Waals surface area contributed by atoms with Crippen molar-refractivity contribution in [3.63, 3.8) is 0 Å². The van der Waals surface area contributed by atoms with Crippen LogP contribution in [0.2, 0.25) is 0 Å². The molecule has 0 unspecified atom stereocenters. The highest BCUT2D eigenvalue weighted by atomic mass is 79.9. The van der Waals surface area contributed by atoms with Gasteiger partial charge < -0.3 is 0 Å². The Kier molecular flexibility index (Phi) is 6.96. The average molecular weight is 450 g/mol. The lowest BCUT2D eigenvalue weighted by Crippen LogP contribution is -2.39. The maximum atomic E-state index is 11.7. The van der Waals surface area contributed by atoms with E-state index in [2.05, 4.69) is 42.7 Å². The SMILES string of the molecule is O=C(C=Cc1ccccc1)NNC(=O)/C=C/c1ccc(Br)c(Br)c1. The first-order valence-corrected chi connectivity index (χ1v) is 8.59. The monoisotopic (exact) mass is 448 g/mol. The van der Waals surface area contributed by atoms with Gasteiger partial charge in [0.2, 0.25) is 0 Å². The first-order valence-electron chi connectivity index (χ1n) is 7.01. The molecule has 0 saturated heterocycles. The van der Waals surface area contributed by atoms with Gasteiger partial charge in [0.15, 0.2) is 0 Å². The Morgan fingerprint density at radius 2 is 1.33 bits per heavy atom. The number of amides is 2. The molecule has 24 heavy (non-hydrogen) atoms. The van der Waals surface area contributed by atoms with Crippen molar-refractivity contribution in [2.75, 3.05) is 0 Å². The Hall–Kier alpha value is -2.18. The lowest BCUT2D eigenvalue weighted by atomic mass is 10.2. The molecule has 4 nitrogen and oxygen atoms in total. The quantitative estimate of drug-likeness (QED) is 0.545. The Labute approximate surface area is 156 Å². The predicted molar refractivity (Wildman–Crippen MR) is 103 cm³/mol. The number of benzene rings is 2. The minimum Gasteiger partial charge on any atom is -0.268 e. The molecule has 2 N–H and O–H groups in total. The summed E-state index contributed by atoms with van der Waals surface area (Å²) >= 11 is 6.77. The van der Waals surface area contributed by atoms with Crippen LogP contribution < -0.4 is 10.9 Å². The van der Waals surface area contributed by atoms with Crippen molar-refractivity contribution in [3.8, 4) is 0 Å². The smallest absolute Gasteiger partial charge is 0.262 e. The Bertz CT molecular complexity index is 787. The summed E-state index contributed by atoms with van der Waals surface area (Å²) < 4.78 is 1.82. The van der Waals surface area contributed by atoms with Crippen molar-refractivity contribution in [3.05, 3.63) is 80.8 Å². The summed E-state index contributed by atoms with van der Waals surface area (Å²) in [5.74, 6) is -0.831. The molecule has 0 aliphatic heterocycles. The molecule has 0 aliphatic carbocycles. The van der Waals surface area contributed by atoms with Crippen LogP contribution in [0.4, 0.5) is 0 Å². The highest BCUT2D eigenvalue weighted by molar-refractivity contribution is 9.13. The molecule has 2 aromatic carbocycles. The number of hydrazine groups is 1. The lowest BCUT2D eigenvalue weighted by molar-refractivity contribution is -0.123. The van der Waals surface area contributed by atoms with Gasteiger partial charge in [-0.1, -0.05) is 36.4 Å². The molecule has 2 aromatic rings. The second-order valence-electron chi connectivity index (χ2n) is 4.73. The van der Waals surface area contributed by atoms with Gasteiger partial charge in [0.25, 0.3) is 11.8 Å². The van der Waals surface area contributed by atoms with Crippen LogP contribution in [0.5, 0.6) is 0 Å². The average Bonchev–Trinajstić information content (AvgIpc) is 2.60. The molecule has 0 atom stereocenters. The van der Waals surface area contributed by atoms with Crippen LogP contribution >= 0.6 is 31.9 Å². The topological polar surface area (TPSA) is 58.2 Å². The summed E-state index contributed by atoms with van der Waals surface area (Å²) in [6.07, 6.45) is 6.01. The Balaban J connectivity index is 1.82. The first-order chi connectivity index (χ1) is 11.5. The van der Waals surface area contributed by atoms with E-state index in [0.717, 1.165) is 20.1 Å². The van der Waals surface area contributed by atoms with Crippen LogP contribution in [-0.4, -0.2) is 11.8 Å². The number of rotatable bonds is 4. The molecule has 122 valence electrons. The van der Waals surface area contributed by atoms with Gasteiger partial charge in [-0.3, -0.25) is 20.4 Å². The second kappa shape index (κ2) is 9.20. The third kappa shape index (κ3) is 6.14. The number of hydrogen-bond acceptors (Lipinski definition) is 2. The zero-order chi connectivity index (χ0) is 17.4. The molecule has 0 fully saturated rings. The highest BCUT2D eigenvalue weighted by Crippen LogP contribution is 2.24. The van der Waals surface area contributed by atoms with Crippen molar-refractivity contribution in [1.82, 2.24) is 10.9 Å². The maximum Gasteiger partial charge on any atom is 0.262 e. The maximum absolute atomic E-state index is 11.7. The van der Waals surface area contributed by atoms with Crippen molar-refractivity contribution in [1.29, 1.82) is 0 Å². The fraction of sp³-hybridized carbons (Fsp3) is 0. The van der Waals surface area contributed by atoms with E-state index < -0.39 is 11.8 Å². The van der Waals surface area contributed by atoms with Crippen molar-refractivity contribution < 1.29 is 9.59 Å². The summed E-state index contributed by atoms with van der Waals surface area (Å²) in [5, 5.41) is 0. The van der Waals surface area contributed by atoms with E-state index in [4.69, 9.17) is 0 Å². The molecule has 0 saturated carbocycles. The number of carbonyl (C=O) groups excluding carboxylic acids is 2. The molecule has 0 aromatic heterocycles. The summed E-state index contributed by atoms with van der Waals surface area (Å²) in [4.78, 5) is 23.3. The van der Waals surface area contributed by atoms with Crippen LogP contribution in [0.15, 0.2) is 69.6 Å². The summed E-state index contributed by atoms with van der Waals surface area (Å²) in [7, 11) is 0. The van der Waals surface area contributed by atoms with Crippen LogP contribution in [0.1, 0.15) is 11.1 Å². The number of carbonyl (C=O) groups is 2. The molecular weight excluding hydrogens is 436 g/mol. The van der Waals surface area contributed by atoms with E-state index in [1.807, 2.05) is 48.5 Å². The van der Waals surface area contributed by atoms with Gasteiger partial charge in [0, 0.05) is 21.1 Å². The molecule has 0 radical (unpaired) electrons. The van der Waals surface area contributed by atoms with Crippen LogP contribution in [-0.2, 0) is 9.59 Å². The molecule has 6 heteroatoms. The van der Waals surface area contributed by atoms with Gasteiger partial charge in [-0.05, 0) is 67.3 Å². The van der Waals surface area contributed by atoms with Gasteiger partial charge in [0.1, 0.15) is 0 Å². The largest absolute Gasteiger partial charge is 0.268 e. The minimum absolute atomic E-state index is 0.410. The second-order valence-corrected chi connectivity index (χ2v) is 6.44. The number of hydrogen-bond donors (Lipinski definition) is 2. The van der Waals surface area contributed by atoms with Crippen molar-refractivity contribution in [2.24, 2.45) is 0 Å². The molecule has 0 spiro atoms. The third-order valence-electron chi connectivity index (χ3n) is 2.91. The van der Waals surface area contributed by atoms with Gasteiger partial charge in [0.05, 0.1) is 0 Å². The van der Waals surface area contributed by atoms with Gasteiger partial charge in [-0.25, -0.2) is 0 Å². The van der Waals surface area contributed by atoms with E-state index in [9.17, 15) is 9.59 Å². The van der Waals surface area contributed by atoms with Crippen LogP contribution in [0.25, 0.3) is 12.2 Å². The Morgan fingerprint density at radius 3 is 1.92 bits per heavy atom. The zero-order valence-electron chi connectivity index (χ0n) is 12.5. The lowest BCUT2D eigenvalue weighted by Gasteiger charge is -2.02. The summed E-state index contributed by atoms with van der Waals surface area (Å²) in [6, 6.07) is 15.0. The summed E-state index contributed by atoms with van der Waals surface area (Å²) in [6.45, 7) is 0. The number of halogens is 2. The van der Waals surface area contributed by atoms with E-state index in [-0.39, 0.29) is 0 Å². The van der Waals surface area contributed by atoms with Crippen molar-refractivity contribution >= 4 is 55.8 Å². The highest BCUT2D eigenvalue weighted by Gasteiger charge is 1.99. The van der Waals surface area contributed by atoms with E-state index >= 15 is 0 Å². The standard InChI is InChI=1S/C18H14Br2N2O2/c19-15-9-6-14(12-16(15)20)8-11-18(24)22-21-17(23)10-7-13-4-2-1-3-5-13/h1-12H,(H,21,23)(H,22,24)/b10-7?,11-8+. The van der Waals surface area contributed by atoms with E-state index in [1.54, 1.807) is 12.2 Å². The number of nitrogens with one attached hydrogen (secondary N) is 2. The van der Waals surface area contributed by atoms with Gasteiger partial charge in [-0.2, -0.15) is 0 Å². The zero-order valence-corrected chi connectivity index (χ0v) is 15.7. The molecule has 0 heterocycles. The molecular formula is C18H14Br2N2O2. The fourth-order valence-corrected chi connectivity index (χ4v) is 2.37. The van der Waals surface area contributed by atoms with E-state index in [0.29, 0.717) is 0 Å². The summed E-state index contributed by atoms with van der Waals surface area (Å²) in [5.41, 5.74) is 6.39. The molecule has 2 amide bonds. The van der Waals surface area contributed by atoms with Gasteiger partial charge in [-0.15, -0.1) is 0 Å². The normalized spacial score (nSPS) is 10.9. The minimum atomic E-state index is -0.421. The molecule has 0 bridgehead atoms. The molecule has 0 aliphatic rings. The van der Waals surface area contributed by atoms with Gasteiger partial charge >= 0.3 is 0 Å². The van der Waals surface area contributed by atoms with E-state index in [1.165, 1.54) is 12.2 Å².